The summed E-state index contributed by atoms with van der Waals surface area (Å²) in [6, 6.07) is 5.33. The summed E-state index contributed by atoms with van der Waals surface area (Å²) < 4.78 is 40.2. The Morgan fingerprint density at radius 3 is 2.44 bits per heavy atom. The van der Waals surface area contributed by atoms with Gasteiger partial charge in [-0.25, -0.2) is 4.98 Å². The molecule has 0 spiro atoms. The van der Waals surface area contributed by atoms with E-state index in [9.17, 15) is 18.0 Å². The molecular weight excluding hydrogens is 333 g/mol. The third-order valence-electron chi connectivity index (χ3n) is 4.35. The number of nitrogens with zero attached hydrogens (tertiary/aromatic N) is 4. The second-order valence-corrected chi connectivity index (χ2v) is 5.86. The summed E-state index contributed by atoms with van der Waals surface area (Å²) in [4.78, 5) is 20.3. The van der Waals surface area contributed by atoms with Gasteiger partial charge in [-0.05, 0) is 25.1 Å². The number of anilines is 2. The number of hydrogen-bond acceptors (Lipinski definition) is 4. The Bertz CT molecular complexity index is 795. The molecule has 2 heterocycles. The Morgan fingerprint density at radius 1 is 1.12 bits per heavy atom. The summed E-state index contributed by atoms with van der Waals surface area (Å²) in [7, 11) is 0. The molecule has 0 unspecified atom stereocenters. The smallest absolute Gasteiger partial charge is 0.368 e. The van der Waals surface area contributed by atoms with Crippen molar-refractivity contribution < 1.29 is 13.2 Å². The first-order chi connectivity index (χ1) is 11.9. The average molecular weight is 352 g/mol. The van der Waals surface area contributed by atoms with Crippen molar-refractivity contribution in [2.24, 2.45) is 0 Å². The van der Waals surface area contributed by atoms with Gasteiger partial charge < -0.3 is 14.4 Å². The van der Waals surface area contributed by atoms with Gasteiger partial charge in [0.1, 0.15) is 0 Å². The molecule has 25 heavy (non-hydrogen) atoms. The SMILES string of the molecule is CCn1ccnc(N2CCN(c3cccc(C(F)(F)F)c3)CC2)c1=O. The van der Waals surface area contributed by atoms with Crippen LogP contribution in [0.3, 0.4) is 0 Å². The summed E-state index contributed by atoms with van der Waals surface area (Å²) in [6.45, 7) is 4.58. The zero-order valence-corrected chi connectivity index (χ0v) is 13.8. The van der Waals surface area contributed by atoms with E-state index in [1.807, 2.05) is 16.7 Å². The molecule has 0 amide bonds. The molecule has 0 radical (unpaired) electrons. The van der Waals surface area contributed by atoms with Crippen molar-refractivity contribution in [1.29, 1.82) is 0 Å². The predicted octanol–water partition coefficient (Wildman–Crippen LogP) is 2.61. The van der Waals surface area contributed by atoms with E-state index in [0.29, 0.717) is 44.2 Å². The zero-order chi connectivity index (χ0) is 18.0. The molecule has 0 bridgehead atoms. The molecule has 1 fully saturated rings. The third kappa shape index (κ3) is 3.62. The van der Waals surface area contributed by atoms with E-state index in [1.54, 1.807) is 23.0 Å². The van der Waals surface area contributed by atoms with Crippen molar-refractivity contribution in [2.75, 3.05) is 36.0 Å². The van der Waals surface area contributed by atoms with Gasteiger partial charge in [0.15, 0.2) is 5.82 Å². The van der Waals surface area contributed by atoms with Crippen LogP contribution in [0.1, 0.15) is 12.5 Å². The molecule has 134 valence electrons. The van der Waals surface area contributed by atoms with Gasteiger partial charge in [0.05, 0.1) is 5.56 Å². The molecule has 0 atom stereocenters. The van der Waals surface area contributed by atoms with Gasteiger partial charge in [0, 0.05) is 50.8 Å². The van der Waals surface area contributed by atoms with Gasteiger partial charge in [-0.2, -0.15) is 13.2 Å². The highest BCUT2D eigenvalue weighted by Crippen LogP contribution is 2.31. The number of aryl methyl sites for hydroxylation is 1. The van der Waals surface area contributed by atoms with Gasteiger partial charge in [-0.1, -0.05) is 6.07 Å². The lowest BCUT2D eigenvalue weighted by Gasteiger charge is -2.36. The van der Waals surface area contributed by atoms with Crippen LogP contribution in [0.4, 0.5) is 24.7 Å². The maximum absolute atomic E-state index is 12.9. The van der Waals surface area contributed by atoms with Crippen LogP contribution in [0.15, 0.2) is 41.5 Å². The monoisotopic (exact) mass is 352 g/mol. The molecule has 2 aromatic rings. The highest BCUT2D eigenvalue weighted by atomic mass is 19.4. The van der Waals surface area contributed by atoms with Crippen LogP contribution in [0, 0.1) is 0 Å². The minimum Gasteiger partial charge on any atom is -0.368 e. The summed E-state index contributed by atoms with van der Waals surface area (Å²) in [5.41, 5.74) is -0.248. The first-order valence-electron chi connectivity index (χ1n) is 8.12. The highest BCUT2D eigenvalue weighted by Gasteiger charge is 2.31. The van der Waals surface area contributed by atoms with Crippen LogP contribution in [-0.2, 0) is 12.7 Å². The Kier molecular flexibility index (Phi) is 4.69. The third-order valence-corrected chi connectivity index (χ3v) is 4.35. The molecule has 1 aliphatic heterocycles. The second-order valence-electron chi connectivity index (χ2n) is 5.86. The van der Waals surface area contributed by atoms with E-state index in [-0.39, 0.29) is 5.56 Å². The van der Waals surface area contributed by atoms with Crippen LogP contribution in [-0.4, -0.2) is 35.7 Å². The fourth-order valence-electron chi connectivity index (χ4n) is 2.96. The molecule has 1 aromatic heterocycles. The number of hydrogen-bond donors (Lipinski definition) is 0. The van der Waals surface area contributed by atoms with Crippen molar-refractivity contribution in [1.82, 2.24) is 9.55 Å². The minimum atomic E-state index is -4.35. The Morgan fingerprint density at radius 2 is 1.80 bits per heavy atom. The molecule has 0 N–H and O–H groups in total. The number of benzene rings is 1. The molecule has 1 saturated heterocycles. The highest BCUT2D eigenvalue weighted by molar-refractivity contribution is 5.51. The molecule has 8 heteroatoms. The first kappa shape index (κ1) is 17.3. The van der Waals surface area contributed by atoms with Crippen molar-refractivity contribution in [2.45, 2.75) is 19.6 Å². The lowest BCUT2D eigenvalue weighted by molar-refractivity contribution is -0.137. The Hall–Kier alpha value is -2.51. The zero-order valence-electron chi connectivity index (χ0n) is 13.8. The van der Waals surface area contributed by atoms with Crippen molar-refractivity contribution in [3.05, 3.63) is 52.6 Å². The Balaban J connectivity index is 1.74. The van der Waals surface area contributed by atoms with Gasteiger partial charge in [0.25, 0.3) is 5.56 Å². The van der Waals surface area contributed by atoms with Crippen molar-refractivity contribution >= 4 is 11.5 Å². The molecular formula is C17H19F3N4O. The van der Waals surface area contributed by atoms with E-state index >= 15 is 0 Å². The van der Waals surface area contributed by atoms with Crippen LogP contribution in [0.25, 0.3) is 0 Å². The number of rotatable bonds is 3. The van der Waals surface area contributed by atoms with E-state index in [0.717, 1.165) is 6.07 Å². The second kappa shape index (κ2) is 6.78. The molecule has 0 saturated carbocycles. The van der Waals surface area contributed by atoms with Crippen LogP contribution in [0.2, 0.25) is 0 Å². The summed E-state index contributed by atoms with van der Waals surface area (Å²) >= 11 is 0. The number of piperazine rings is 1. The number of halogens is 3. The van der Waals surface area contributed by atoms with Crippen molar-refractivity contribution in [3.63, 3.8) is 0 Å². The van der Waals surface area contributed by atoms with E-state index in [1.165, 1.54) is 12.1 Å². The lowest BCUT2D eigenvalue weighted by atomic mass is 10.1. The van der Waals surface area contributed by atoms with Gasteiger partial charge >= 0.3 is 6.18 Å². The fourth-order valence-corrected chi connectivity index (χ4v) is 2.96. The maximum atomic E-state index is 12.9. The quantitative estimate of drug-likeness (QED) is 0.852. The number of alkyl halides is 3. The van der Waals surface area contributed by atoms with Crippen molar-refractivity contribution in [3.8, 4) is 0 Å². The van der Waals surface area contributed by atoms with Gasteiger partial charge in [-0.15, -0.1) is 0 Å². The van der Waals surface area contributed by atoms with Crippen LogP contribution in [0.5, 0.6) is 0 Å². The summed E-state index contributed by atoms with van der Waals surface area (Å²) in [5.74, 6) is 0.396. The normalized spacial score (nSPS) is 15.5. The van der Waals surface area contributed by atoms with Gasteiger partial charge in [0.2, 0.25) is 0 Å². The predicted molar refractivity (Wildman–Crippen MR) is 90.0 cm³/mol. The van der Waals surface area contributed by atoms with E-state index in [2.05, 4.69) is 4.98 Å². The van der Waals surface area contributed by atoms with E-state index in [4.69, 9.17) is 0 Å². The average Bonchev–Trinajstić information content (AvgIpc) is 2.61. The molecule has 5 nitrogen and oxygen atoms in total. The Labute approximate surface area is 143 Å². The molecule has 0 aliphatic carbocycles. The minimum absolute atomic E-state index is 0.141. The van der Waals surface area contributed by atoms with Crippen LogP contribution < -0.4 is 15.4 Å². The topological polar surface area (TPSA) is 41.4 Å². The molecule has 1 aliphatic rings. The van der Waals surface area contributed by atoms with Crippen LogP contribution >= 0.6 is 0 Å². The lowest BCUT2D eigenvalue weighted by Crippen LogP contribution is -2.48. The number of aromatic nitrogens is 2. The molecule has 3 rings (SSSR count). The largest absolute Gasteiger partial charge is 0.416 e. The first-order valence-corrected chi connectivity index (χ1v) is 8.12. The summed E-state index contributed by atoms with van der Waals surface area (Å²) in [5, 5.41) is 0. The maximum Gasteiger partial charge on any atom is 0.416 e. The summed E-state index contributed by atoms with van der Waals surface area (Å²) in [6.07, 6.45) is -1.11. The molecule has 1 aromatic carbocycles. The fraction of sp³-hybridized carbons (Fsp3) is 0.412. The standard InChI is InChI=1S/C17H19F3N4O/c1-2-22-7-6-21-15(16(22)25)24-10-8-23(9-11-24)14-5-3-4-13(12-14)17(18,19)20/h3-7,12H,2,8-11H2,1H3. The van der Waals surface area contributed by atoms with E-state index < -0.39 is 11.7 Å². The van der Waals surface area contributed by atoms with Gasteiger partial charge in [-0.3, -0.25) is 4.79 Å².